The van der Waals surface area contributed by atoms with Crippen molar-refractivity contribution in [3.05, 3.63) is 35.4 Å². The van der Waals surface area contributed by atoms with Crippen LogP contribution in [0.5, 0.6) is 0 Å². The molecule has 76 valence electrons. The minimum absolute atomic E-state index is 0.604. The van der Waals surface area contributed by atoms with Gasteiger partial charge < -0.3 is 5.11 Å². The Kier molecular flexibility index (Phi) is 2.94. The van der Waals surface area contributed by atoms with Crippen LogP contribution in [-0.4, -0.2) is 11.1 Å². The number of carboxylic acid groups (broad SMARTS) is 1. The molecule has 1 unspecified atom stereocenters. The number of carbonyl (C=O) groups is 1. The van der Waals surface area contributed by atoms with Gasteiger partial charge in [0.15, 0.2) is 0 Å². The van der Waals surface area contributed by atoms with Crippen LogP contribution in [0, 0.1) is 6.92 Å². The molecule has 0 amide bonds. The van der Waals surface area contributed by atoms with Gasteiger partial charge in [0.05, 0.1) is 5.41 Å². The van der Waals surface area contributed by atoms with Crippen LogP contribution >= 0.6 is 0 Å². The summed E-state index contributed by atoms with van der Waals surface area (Å²) in [4.78, 5) is 11.2. The molecular formula is C12H16O2. The molecular weight excluding hydrogens is 176 g/mol. The second-order valence-electron chi connectivity index (χ2n) is 3.81. The maximum Gasteiger partial charge on any atom is 0.313 e. The second kappa shape index (κ2) is 3.82. The normalized spacial score (nSPS) is 14.8. The molecule has 0 radical (unpaired) electrons. The summed E-state index contributed by atoms with van der Waals surface area (Å²) < 4.78 is 0. The lowest BCUT2D eigenvalue weighted by Gasteiger charge is -2.25. The number of aryl methyl sites for hydroxylation is 1. The average molecular weight is 192 g/mol. The van der Waals surface area contributed by atoms with Crippen molar-refractivity contribution >= 4 is 5.97 Å². The first kappa shape index (κ1) is 10.8. The zero-order valence-electron chi connectivity index (χ0n) is 8.87. The number of aliphatic carboxylic acids is 1. The summed E-state index contributed by atoms with van der Waals surface area (Å²) in [5.74, 6) is -0.755. The summed E-state index contributed by atoms with van der Waals surface area (Å²) in [6.07, 6.45) is 0.604. The third kappa shape index (κ3) is 1.65. The molecule has 0 spiro atoms. The summed E-state index contributed by atoms with van der Waals surface area (Å²) in [5.41, 5.74) is 1.19. The van der Waals surface area contributed by atoms with Crippen LogP contribution in [-0.2, 0) is 10.2 Å². The van der Waals surface area contributed by atoms with E-state index in [0.717, 1.165) is 11.1 Å². The molecule has 0 saturated carbocycles. The number of benzene rings is 1. The molecule has 0 aliphatic heterocycles. The van der Waals surface area contributed by atoms with Crippen LogP contribution in [0.25, 0.3) is 0 Å². The Morgan fingerprint density at radius 1 is 1.43 bits per heavy atom. The van der Waals surface area contributed by atoms with E-state index in [1.165, 1.54) is 0 Å². The van der Waals surface area contributed by atoms with Crippen LogP contribution in [0.4, 0.5) is 0 Å². The third-order valence-electron chi connectivity index (χ3n) is 2.92. The predicted octanol–water partition coefficient (Wildman–Crippen LogP) is 2.75. The van der Waals surface area contributed by atoms with Crippen molar-refractivity contribution in [1.29, 1.82) is 0 Å². The van der Waals surface area contributed by atoms with E-state index in [1.54, 1.807) is 6.92 Å². The van der Waals surface area contributed by atoms with Gasteiger partial charge in [-0.3, -0.25) is 4.79 Å². The largest absolute Gasteiger partial charge is 0.481 e. The lowest BCUT2D eigenvalue weighted by molar-refractivity contribution is -0.143. The summed E-state index contributed by atoms with van der Waals surface area (Å²) in [7, 11) is 0. The van der Waals surface area contributed by atoms with E-state index in [1.807, 2.05) is 38.1 Å². The molecule has 1 atom stereocenters. The van der Waals surface area contributed by atoms with Gasteiger partial charge in [0.25, 0.3) is 0 Å². The van der Waals surface area contributed by atoms with Gasteiger partial charge in [-0.1, -0.05) is 31.2 Å². The van der Waals surface area contributed by atoms with Crippen molar-refractivity contribution in [3.63, 3.8) is 0 Å². The van der Waals surface area contributed by atoms with Gasteiger partial charge in [-0.05, 0) is 31.4 Å². The fourth-order valence-electron chi connectivity index (χ4n) is 1.65. The number of carboxylic acids is 1. The maximum absolute atomic E-state index is 11.2. The molecule has 0 heterocycles. The van der Waals surface area contributed by atoms with E-state index >= 15 is 0 Å². The lowest BCUT2D eigenvalue weighted by Crippen LogP contribution is -2.32. The van der Waals surface area contributed by atoms with Crippen molar-refractivity contribution < 1.29 is 9.90 Å². The summed E-state index contributed by atoms with van der Waals surface area (Å²) in [6.45, 7) is 5.63. The smallest absolute Gasteiger partial charge is 0.313 e. The van der Waals surface area contributed by atoms with E-state index in [0.29, 0.717) is 6.42 Å². The Bertz CT molecular complexity index is 344. The highest BCUT2D eigenvalue weighted by Gasteiger charge is 2.33. The average Bonchev–Trinajstić information content (AvgIpc) is 2.17. The van der Waals surface area contributed by atoms with Crippen LogP contribution in [0.1, 0.15) is 31.4 Å². The highest BCUT2D eigenvalue weighted by molar-refractivity contribution is 5.81. The molecule has 0 bridgehead atoms. The fourth-order valence-corrected chi connectivity index (χ4v) is 1.65. The quantitative estimate of drug-likeness (QED) is 0.799. The monoisotopic (exact) mass is 192 g/mol. The zero-order chi connectivity index (χ0) is 10.8. The highest BCUT2D eigenvalue weighted by Crippen LogP contribution is 2.29. The Morgan fingerprint density at radius 3 is 2.43 bits per heavy atom. The van der Waals surface area contributed by atoms with Gasteiger partial charge in [0, 0.05) is 0 Å². The van der Waals surface area contributed by atoms with Crippen molar-refractivity contribution in [2.45, 2.75) is 32.6 Å². The minimum Gasteiger partial charge on any atom is -0.481 e. The molecule has 0 aromatic heterocycles. The Morgan fingerprint density at radius 2 is 2.00 bits per heavy atom. The van der Waals surface area contributed by atoms with E-state index in [4.69, 9.17) is 0 Å². The van der Waals surface area contributed by atoms with E-state index < -0.39 is 11.4 Å². The molecule has 0 saturated heterocycles. The summed E-state index contributed by atoms with van der Waals surface area (Å²) >= 11 is 0. The Balaban J connectivity index is 3.26. The molecule has 1 N–H and O–H groups in total. The molecule has 1 aromatic carbocycles. The van der Waals surface area contributed by atoms with Crippen LogP contribution < -0.4 is 0 Å². The zero-order valence-corrected chi connectivity index (χ0v) is 8.87. The van der Waals surface area contributed by atoms with Gasteiger partial charge in [0.1, 0.15) is 0 Å². The lowest BCUT2D eigenvalue weighted by atomic mass is 9.78. The first-order valence-electron chi connectivity index (χ1n) is 4.82. The van der Waals surface area contributed by atoms with Crippen molar-refractivity contribution in [1.82, 2.24) is 0 Å². The molecule has 14 heavy (non-hydrogen) atoms. The molecule has 0 aliphatic carbocycles. The fraction of sp³-hybridized carbons (Fsp3) is 0.417. The van der Waals surface area contributed by atoms with Crippen molar-refractivity contribution in [3.8, 4) is 0 Å². The van der Waals surface area contributed by atoms with E-state index in [2.05, 4.69) is 0 Å². The number of rotatable bonds is 3. The topological polar surface area (TPSA) is 37.3 Å². The van der Waals surface area contributed by atoms with E-state index in [-0.39, 0.29) is 0 Å². The number of hydrogen-bond donors (Lipinski definition) is 1. The first-order chi connectivity index (χ1) is 6.52. The van der Waals surface area contributed by atoms with Gasteiger partial charge in [-0.2, -0.15) is 0 Å². The van der Waals surface area contributed by atoms with Crippen LogP contribution in [0.15, 0.2) is 24.3 Å². The van der Waals surface area contributed by atoms with Crippen molar-refractivity contribution in [2.24, 2.45) is 0 Å². The predicted molar refractivity (Wildman–Crippen MR) is 56.5 cm³/mol. The second-order valence-corrected chi connectivity index (χ2v) is 3.81. The van der Waals surface area contributed by atoms with E-state index in [9.17, 15) is 9.90 Å². The van der Waals surface area contributed by atoms with Gasteiger partial charge >= 0.3 is 5.97 Å². The highest BCUT2D eigenvalue weighted by atomic mass is 16.4. The molecule has 2 nitrogen and oxygen atoms in total. The van der Waals surface area contributed by atoms with Crippen molar-refractivity contribution in [2.75, 3.05) is 0 Å². The Hall–Kier alpha value is -1.31. The standard InChI is InChI=1S/C12H16O2/c1-4-12(3,11(13)14)10-8-6-5-7-9(10)2/h5-8H,4H2,1-3H3,(H,13,14). The van der Waals surface area contributed by atoms with Gasteiger partial charge in [0.2, 0.25) is 0 Å². The SMILES string of the molecule is CCC(C)(C(=O)O)c1ccccc1C. The molecule has 2 heteroatoms. The van der Waals surface area contributed by atoms with Gasteiger partial charge in [-0.25, -0.2) is 0 Å². The molecule has 0 aliphatic rings. The number of hydrogen-bond acceptors (Lipinski definition) is 1. The third-order valence-corrected chi connectivity index (χ3v) is 2.92. The molecule has 1 rings (SSSR count). The van der Waals surface area contributed by atoms with Crippen LogP contribution in [0.2, 0.25) is 0 Å². The molecule has 1 aromatic rings. The minimum atomic E-state index is -0.759. The van der Waals surface area contributed by atoms with Crippen LogP contribution in [0.3, 0.4) is 0 Å². The first-order valence-corrected chi connectivity index (χ1v) is 4.82. The summed E-state index contributed by atoms with van der Waals surface area (Å²) in [6, 6.07) is 7.66. The van der Waals surface area contributed by atoms with Gasteiger partial charge in [-0.15, -0.1) is 0 Å². The Labute approximate surface area is 84.6 Å². The summed E-state index contributed by atoms with van der Waals surface area (Å²) in [5, 5.41) is 9.21. The maximum atomic E-state index is 11.2. The molecule has 0 fully saturated rings.